The number of hydrogen-bond acceptors (Lipinski definition) is 7. The first-order valence-corrected chi connectivity index (χ1v) is 18.1. The molecular weight excluding hydrogens is 649 g/mol. The third kappa shape index (κ3) is 7.89. The van der Waals surface area contributed by atoms with E-state index in [-0.39, 0.29) is 37.1 Å². The Bertz CT molecular complexity index is 1950. The van der Waals surface area contributed by atoms with Crippen LogP contribution in [0.2, 0.25) is 0 Å². The number of carboxylic acids is 2. The number of aromatic carboxylic acids is 2. The molecule has 4 rings (SSSR count). The summed E-state index contributed by atoms with van der Waals surface area (Å²) in [6.07, 6.45) is 9.39. The lowest BCUT2D eigenvalue weighted by atomic mass is 9.81. The summed E-state index contributed by atoms with van der Waals surface area (Å²) in [7, 11) is -8.34. The molecule has 252 valence electrons. The second-order valence-electron chi connectivity index (χ2n) is 12.6. The van der Waals surface area contributed by atoms with Gasteiger partial charge in [-0.05, 0) is 62.2 Å². The van der Waals surface area contributed by atoms with E-state index >= 15 is 0 Å². The highest BCUT2D eigenvalue weighted by molar-refractivity contribution is 7.86. The number of rotatable bonds is 13. The lowest BCUT2D eigenvalue weighted by Gasteiger charge is -2.27. The topological polar surface area (TPSA) is 190 Å². The van der Waals surface area contributed by atoms with Crippen LogP contribution in [0.5, 0.6) is 0 Å². The van der Waals surface area contributed by atoms with Gasteiger partial charge >= 0.3 is 11.9 Å². The van der Waals surface area contributed by atoms with Crippen LogP contribution in [-0.2, 0) is 31.1 Å². The lowest BCUT2D eigenvalue weighted by Crippen LogP contribution is -2.28. The Morgan fingerprint density at radius 1 is 0.787 bits per heavy atom. The second-order valence-corrected chi connectivity index (χ2v) is 15.7. The Hall–Kier alpha value is -4.11. The molecule has 0 saturated heterocycles. The number of anilines is 1. The van der Waals surface area contributed by atoms with E-state index in [1.807, 2.05) is 49.3 Å². The standard InChI is InChI=1S/C33H38N2O10S2/c1-32(2)24-20-22(30(36)37)12-14-26(24)34(16-8-18-46(40,41)42)28(32)10-6-5-7-11-29-33(3,4)25-21-23(31(38)39)13-15-27(25)35(29)17-9-19-47(43,44)45/h5-7,10-15,20-21H,8-9,16-19H2,1-4H3,(H3-,36,37,38,39,40,41,42,43,44,45)/p+1. The fourth-order valence-corrected chi connectivity index (χ4v) is 7.25. The van der Waals surface area contributed by atoms with Crippen molar-refractivity contribution in [3.8, 4) is 0 Å². The van der Waals surface area contributed by atoms with Crippen molar-refractivity contribution in [3.63, 3.8) is 0 Å². The smallest absolute Gasteiger partial charge is 0.335 e. The minimum Gasteiger partial charge on any atom is -0.478 e. The van der Waals surface area contributed by atoms with Crippen molar-refractivity contribution < 1.29 is 50.3 Å². The molecule has 14 heteroatoms. The van der Waals surface area contributed by atoms with E-state index in [0.29, 0.717) is 0 Å². The third-order valence-electron chi connectivity index (χ3n) is 8.58. The number of hydrogen-bond donors (Lipinski definition) is 4. The molecule has 0 amide bonds. The van der Waals surface area contributed by atoms with Crippen molar-refractivity contribution in [1.29, 1.82) is 0 Å². The van der Waals surface area contributed by atoms with Crippen molar-refractivity contribution in [2.24, 2.45) is 0 Å². The van der Waals surface area contributed by atoms with Gasteiger partial charge in [0, 0.05) is 47.5 Å². The molecule has 2 aromatic carbocycles. The van der Waals surface area contributed by atoms with Gasteiger partial charge in [-0.3, -0.25) is 9.11 Å². The highest BCUT2D eigenvalue weighted by Gasteiger charge is 2.45. The van der Waals surface area contributed by atoms with Gasteiger partial charge in [0.15, 0.2) is 5.71 Å². The molecule has 0 spiro atoms. The van der Waals surface area contributed by atoms with Gasteiger partial charge in [0.2, 0.25) is 5.69 Å². The quantitative estimate of drug-likeness (QED) is 0.128. The Labute approximate surface area is 274 Å². The van der Waals surface area contributed by atoms with E-state index in [4.69, 9.17) is 0 Å². The number of nitrogens with zero attached hydrogens (tertiary/aromatic N) is 2. The van der Waals surface area contributed by atoms with E-state index in [0.717, 1.165) is 33.9 Å². The third-order valence-corrected chi connectivity index (χ3v) is 10.2. The molecule has 47 heavy (non-hydrogen) atoms. The molecule has 2 heterocycles. The molecule has 0 aliphatic carbocycles. The zero-order chi connectivity index (χ0) is 34.9. The van der Waals surface area contributed by atoms with E-state index in [2.05, 4.69) is 0 Å². The molecule has 2 aliphatic heterocycles. The molecule has 0 saturated carbocycles. The SMILES string of the molecule is CC1(C)C(=CC=CC=CC2=[N+](CCCS(=O)(=O)O)c3ccc(C(=O)O)cc3C2(C)C)N(CCCS(=O)(=O)O)c2ccc(C(=O)O)cc21. The summed E-state index contributed by atoms with van der Waals surface area (Å²) >= 11 is 0. The average molecular weight is 688 g/mol. The Morgan fingerprint density at radius 3 is 1.96 bits per heavy atom. The molecule has 0 bridgehead atoms. The first-order valence-electron chi connectivity index (χ1n) is 14.9. The maximum absolute atomic E-state index is 11.7. The molecule has 0 aromatic heterocycles. The van der Waals surface area contributed by atoms with Crippen LogP contribution in [-0.4, -0.2) is 83.0 Å². The minimum atomic E-state index is -4.17. The normalized spacial score (nSPS) is 18.0. The van der Waals surface area contributed by atoms with Crippen molar-refractivity contribution in [2.45, 2.75) is 51.4 Å². The maximum Gasteiger partial charge on any atom is 0.335 e. The minimum absolute atomic E-state index is 0.128. The lowest BCUT2D eigenvalue weighted by molar-refractivity contribution is -0.437. The predicted octanol–water partition coefficient (Wildman–Crippen LogP) is 4.81. The second kappa shape index (κ2) is 13.2. The summed E-state index contributed by atoms with van der Waals surface area (Å²) in [5.41, 5.74) is 3.59. The van der Waals surface area contributed by atoms with Gasteiger partial charge in [-0.25, -0.2) is 9.59 Å². The van der Waals surface area contributed by atoms with Crippen LogP contribution in [0.25, 0.3) is 0 Å². The summed E-state index contributed by atoms with van der Waals surface area (Å²) in [4.78, 5) is 25.3. The summed E-state index contributed by atoms with van der Waals surface area (Å²) in [6, 6.07) is 9.60. The molecule has 12 nitrogen and oxygen atoms in total. The number of carbonyl (C=O) groups is 2. The van der Waals surface area contributed by atoms with Gasteiger partial charge in [0.1, 0.15) is 6.54 Å². The highest BCUT2D eigenvalue weighted by Crippen LogP contribution is 2.48. The zero-order valence-electron chi connectivity index (χ0n) is 26.5. The van der Waals surface area contributed by atoms with Gasteiger partial charge in [0.05, 0.1) is 28.0 Å². The average Bonchev–Trinajstić information content (AvgIpc) is 3.29. The molecule has 2 aliphatic rings. The number of benzene rings is 2. The fraction of sp³-hybridized carbons (Fsp3) is 0.364. The van der Waals surface area contributed by atoms with E-state index < -0.39 is 54.5 Å². The van der Waals surface area contributed by atoms with Crippen LogP contribution >= 0.6 is 0 Å². The summed E-state index contributed by atoms with van der Waals surface area (Å²) in [6.45, 7) is 8.30. The Kier molecular flexibility index (Phi) is 10.0. The first-order chi connectivity index (χ1) is 21.7. The Morgan fingerprint density at radius 2 is 1.36 bits per heavy atom. The highest BCUT2D eigenvalue weighted by atomic mass is 32.2. The number of fused-ring (bicyclic) bond motifs is 2. The van der Waals surface area contributed by atoms with Gasteiger partial charge in [-0.15, -0.1) is 0 Å². The van der Waals surface area contributed by atoms with Crippen molar-refractivity contribution in [1.82, 2.24) is 0 Å². The van der Waals surface area contributed by atoms with E-state index in [1.54, 1.807) is 42.5 Å². The van der Waals surface area contributed by atoms with Crippen molar-refractivity contribution >= 4 is 49.3 Å². The van der Waals surface area contributed by atoms with Gasteiger partial charge in [0.25, 0.3) is 20.2 Å². The van der Waals surface area contributed by atoms with Gasteiger partial charge in [-0.2, -0.15) is 21.4 Å². The van der Waals surface area contributed by atoms with Crippen molar-refractivity contribution in [3.05, 3.63) is 94.7 Å². The van der Waals surface area contributed by atoms with Crippen LogP contribution in [0.15, 0.2) is 72.5 Å². The van der Waals surface area contributed by atoms with Gasteiger partial charge < -0.3 is 15.1 Å². The summed E-state index contributed by atoms with van der Waals surface area (Å²) in [5.74, 6) is -2.98. The number of allylic oxidation sites excluding steroid dienone is 6. The molecule has 0 unspecified atom stereocenters. The van der Waals surface area contributed by atoms with Crippen LogP contribution in [0, 0.1) is 0 Å². The van der Waals surface area contributed by atoms with Crippen LogP contribution in [0.3, 0.4) is 0 Å². The number of carboxylic acid groups (broad SMARTS) is 2. The zero-order valence-corrected chi connectivity index (χ0v) is 28.2. The molecule has 0 radical (unpaired) electrons. The fourth-order valence-electron chi connectivity index (χ4n) is 6.27. The van der Waals surface area contributed by atoms with Crippen LogP contribution < -0.4 is 4.90 Å². The predicted molar refractivity (Wildman–Crippen MR) is 178 cm³/mol. The molecular formula is C33H39N2O10S2+. The maximum atomic E-state index is 11.7. The first kappa shape index (κ1) is 35.7. The van der Waals surface area contributed by atoms with E-state index in [1.165, 1.54) is 12.1 Å². The largest absolute Gasteiger partial charge is 0.478 e. The summed E-state index contributed by atoms with van der Waals surface area (Å²) < 4.78 is 66.0. The molecule has 0 atom stereocenters. The van der Waals surface area contributed by atoms with Crippen molar-refractivity contribution in [2.75, 3.05) is 29.5 Å². The van der Waals surface area contributed by atoms with Gasteiger partial charge in [-0.1, -0.05) is 32.1 Å². The Balaban J connectivity index is 1.68. The summed E-state index contributed by atoms with van der Waals surface area (Å²) in [5, 5.41) is 19.1. The van der Waals surface area contributed by atoms with E-state index in [9.17, 15) is 45.7 Å². The molecule has 2 aromatic rings. The monoisotopic (exact) mass is 687 g/mol. The van der Waals surface area contributed by atoms with Crippen LogP contribution in [0.4, 0.5) is 11.4 Å². The van der Waals surface area contributed by atoms with Crippen LogP contribution in [0.1, 0.15) is 72.4 Å². The molecule has 0 fully saturated rings. The molecule has 4 N–H and O–H groups in total.